The predicted molar refractivity (Wildman–Crippen MR) is 62.6 cm³/mol. The van der Waals surface area contributed by atoms with Gasteiger partial charge in [0.1, 0.15) is 5.82 Å². The van der Waals surface area contributed by atoms with Crippen LogP contribution in [-0.4, -0.2) is 30.9 Å². The van der Waals surface area contributed by atoms with Crippen molar-refractivity contribution in [1.82, 2.24) is 4.90 Å². The summed E-state index contributed by atoms with van der Waals surface area (Å²) in [6.45, 7) is 2.66. The second kappa shape index (κ2) is 5.34. The summed E-state index contributed by atoms with van der Waals surface area (Å²) in [7, 11) is 1.71. The van der Waals surface area contributed by atoms with Gasteiger partial charge in [-0.3, -0.25) is 4.79 Å². The molecule has 0 unspecified atom stereocenters. The van der Waals surface area contributed by atoms with Crippen molar-refractivity contribution in [2.45, 2.75) is 6.92 Å². The highest BCUT2D eigenvalue weighted by Crippen LogP contribution is 2.14. The smallest absolute Gasteiger partial charge is 0.241 e. The zero-order chi connectivity index (χ0) is 12.1. The van der Waals surface area contributed by atoms with Crippen LogP contribution in [0.3, 0.4) is 0 Å². The summed E-state index contributed by atoms with van der Waals surface area (Å²) in [4.78, 5) is 13.0. The van der Waals surface area contributed by atoms with Crippen LogP contribution in [0.15, 0.2) is 18.2 Å². The molecule has 1 rings (SSSR count). The Balaban J connectivity index is 2.58. The van der Waals surface area contributed by atoms with Crippen LogP contribution in [0.2, 0.25) is 0 Å². The number of amides is 1. The Morgan fingerprint density at radius 2 is 2.19 bits per heavy atom. The monoisotopic (exact) mass is 225 g/mol. The van der Waals surface area contributed by atoms with Crippen molar-refractivity contribution in [3.63, 3.8) is 0 Å². The average molecular weight is 225 g/mol. The number of likely N-dealkylation sites (N-methyl/N-ethyl adjacent to an activating group) is 1. The van der Waals surface area contributed by atoms with Gasteiger partial charge in [-0.1, -0.05) is 0 Å². The van der Waals surface area contributed by atoms with Crippen molar-refractivity contribution >= 4 is 17.3 Å². The fourth-order valence-corrected chi connectivity index (χ4v) is 1.20. The van der Waals surface area contributed by atoms with Gasteiger partial charge in [0.15, 0.2) is 0 Å². The van der Waals surface area contributed by atoms with Crippen LogP contribution in [0.1, 0.15) is 6.92 Å². The number of hydrogen-bond donors (Lipinski definition) is 2. The molecule has 0 aromatic heterocycles. The Bertz CT molecular complexity index is 361. The maximum Gasteiger partial charge on any atom is 0.241 e. The zero-order valence-electron chi connectivity index (χ0n) is 9.46. The van der Waals surface area contributed by atoms with Crippen molar-refractivity contribution in [3.8, 4) is 0 Å². The summed E-state index contributed by atoms with van der Waals surface area (Å²) < 4.78 is 13.0. The summed E-state index contributed by atoms with van der Waals surface area (Å²) in [5.41, 5.74) is 6.32. The van der Waals surface area contributed by atoms with Crippen LogP contribution in [0.25, 0.3) is 0 Å². The molecule has 0 atom stereocenters. The first-order chi connectivity index (χ1) is 7.52. The lowest BCUT2D eigenvalue weighted by atomic mass is 10.2. The first-order valence-electron chi connectivity index (χ1n) is 5.07. The van der Waals surface area contributed by atoms with E-state index in [9.17, 15) is 9.18 Å². The van der Waals surface area contributed by atoms with Gasteiger partial charge in [0, 0.05) is 25.0 Å². The van der Waals surface area contributed by atoms with E-state index in [0.717, 1.165) is 0 Å². The Morgan fingerprint density at radius 3 is 2.75 bits per heavy atom. The molecule has 0 fully saturated rings. The van der Waals surface area contributed by atoms with Crippen molar-refractivity contribution in [2.24, 2.45) is 0 Å². The number of nitrogens with zero attached hydrogens (tertiary/aromatic N) is 1. The number of nitrogens with one attached hydrogen (secondary N) is 1. The van der Waals surface area contributed by atoms with Gasteiger partial charge in [0.2, 0.25) is 5.91 Å². The van der Waals surface area contributed by atoms with Gasteiger partial charge in [-0.05, 0) is 25.1 Å². The second-order valence-electron chi connectivity index (χ2n) is 3.53. The molecular weight excluding hydrogens is 209 g/mol. The van der Waals surface area contributed by atoms with Gasteiger partial charge < -0.3 is 16.0 Å². The molecule has 0 saturated heterocycles. The Hall–Kier alpha value is -1.78. The van der Waals surface area contributed by atoms with Gasteiger partial charge in [0.25, 0.3) is 0 Å². The Kier molecular flexibility index (Phi) is 4.10. The van der Waals surface area contributed by atoms with Crippen molar-refractivity contribution in [3.05, 3.63) is 24.0 Å². The standard InChI is InChI=1S/C11H16FN3O/c1-3-15(2)11(16)7-14-10-5-8(12)4-9(13)6-10/h4-6,14H,3,7,13H2,1-2H3. The first kappa shape index (κ1) is 12.3. The average Bonchev–Trinajstić information content (AvgIpc) is 2.23. The fraction of sp³-hybridized carbons (Fsp3) is 0.364. The van der Waals surface area contributed by atoms with E-state index in [1.807, 2.05) is 6.92 Å². The normalized spacial score (nSPS) is 9.94. The molecule has 1 aromatic carbocycles. The molecule has 0 aliphatic rings. The maximum atomic E-state index is 13.0. The third-order valence-electron chi connectivity index (χ3n) is 2.26. The number of benzene rings is 1. The van der Waals surface area contributed by atoms with E-state index in [1.165, 1.54) is 12.1 Å². The predicted octanol–water partition coefficient (Wildman–Crippen LogP) is 1.30. The number of carbonyl (C=O) groups is 1. The molecular formula is C11H16FN3O. The van der Waals surface area contributed by atoms with Crippen LogP contribution in [-0.2, 0) is 4.79 Å². The Labute approximate surface area is 94.2 Å². The minimum atomic E-state index is -0.418. The maximum absolute atomic E-state index is 13.0. The van der Waals surface area contributed by atoms with Gasteiger partial charge in [0.05, 0.1) is 6.54 Å². The number of carbonyl (C=O) groups excluding carboxylic acids is 1. The topological polar surface area (TPSA) is 58.4 Å². The van der Waals surface area contributed by atoms with Crippen LogP contribution < -0.4 is 11.1 Å². The van der Waals surface area contributed by atoms with E-state index >= 15 is 0 Å². The largest absolute Gasteiger partial charge is 0.399 e. The molecule has 0 spiro atoms. The van der Waals surface area contributed by atoms with Crippen LogP contribution >= 0.6 is 0 Å². The number of anilines is 2. The molecule has 16 heavy (non-hydrogen) atoms. The highest BCUT2D eigenvalue weighted by Gasteiger charge is 2.06. The van der Waals surface area contributed by atoms with Crippen molar-refractivity contribution in [2.75, 3.05) is 31.2 Å². The molecule has 1 aromatic rings. The minimum absolute atomic E-state index is 0.0506. The molecule has 0 heterocycles. The summed E-state index contributed by atoms with van der Waals surface area (Å²) in [5.74, 6) is -0.468. The Morgan fingerprint density at radius 1 is 1.50 bits per heavy atom. The third-order valence-corrected chi connectivity index (χ3v) is 2.26. The quantitative estimate of drug-likeness (QED) is 0.759. The van der Waals surface area contributed by atoms with Crippen molar-refractivity contribution < 1.29 is 9.18 Å². The van der Waals surface area contributed by atoms with Crippen LogP contribution in [0, 0.1) is 5.82 Å². The number of halogens is 1. The summed E-state index contributed by atoms with van der Waals surface area (Å²) in [6, 6.07) is 4.11. The van der Waals surface area contributed by atoms with E-state index < -0.39 is 5.82 Å². The lowest BCUT2D eigenvalue weighted by Gasteiger charge is -2.15. The first-order valence-corrected chi connectivity index (χ1v) is 5.07. The van der Waals surface area contributed by atoms with Crippen LogP contribution in [0.4, 0.5) is 15.8 Å². The van der Waals surface area contributed by atoms with E-state index in [4.69, 9.17) is 5.73 Å². The molecule has 0 aliphatic carbocycles. The van der Waals surface area contributed by atoms with E-state index in [0.29, 0.717) is 17.9 Å². The molecule has 0 bridgehead atoms. The number of nitrogens with two attached hydrogens (primary N) is 1. The number of rotatable bonds is 4. The molecule has 88 valence electrons. The van der Waals surface area contributed by atoms with Gasteiger partial charge in [-0.2, -0.15) is 0 Å². The molecule has 0 saturated carbocycles. The van der Waals surface area contributed by atoms with Gasteiger partial charge in [-0.15, -0.1) is 0 Å². The third kappa shape index (κ3) is 3.42. The van der Waals surface area contributed by atoms with E-state index in [2.05, 4.69) is 5.32 Å². The lowest BCUT2D eigenvalue weighted by molar-refractivity contribution is -0.127. The fourth-order valence-electron chi connectivity index (χ4n) is 1.20. The van der Waals surface area contributed by atoms with Crippen LogP contribution in [0.5, 0.6) is 0 Å². The minimum Gasteiger partial charge on any atom is -0.399 e. The molecule has 0 radical (unpaired) electrons. The summed E-state index contributed by atoms with van der Waals surface area (Å²) in [5, 5.41) is 2.83. The lowest BCUT2D eigenvalue weighted by Crippen LogP contribution is -2.31. The van der Waals surface area contributed by atoms with Gasteiger partial charge in [-0.25, -0.2) is 4.39 Å². The number of nitrogen functional groups attached to an aromatic ring is 1. The molecule has 1 amide bonds. The van der Waals surface area contributed by atoms with E-state index in [-0.39, 0.29) is 12.5 Å². The SMILES string of the molecule is CCN(C)C(=O)CNc1cc(N)cc(F)c1. The molecule has 0 aliphatic heterocycles. The number of hydrogen-bond acceptors (Lipinski definition) is 3. The summed E-state index contributed by atoms with van der Waals surface area (Å²) in [6.07, 6.45) is 0. The van der Waals surface area contributed by atoms with Crippen molar-refractivity contribution in [1.29, 1.82) is 0 Å². The molecule has 3 N–H and O–H groups in total. The molecule has 5 heteroatoms. The zero-order valence-corrected chi connectivity index (χ0v) is 9.46. The second-order valence-corrected chi connectivity index (χ2v) is 3.53. The summed E-state index contributed by atoms with van der Waals surface area (Å²) >= 11 is 0. The van der Waals surface area contributed by atoms with Gasteiger partial charge >= 0.3 is 0 Å². The highest BCUT2D eigenvalue weighted by molar-refractivity contribution is 5.80. The van der Waals surface area contributed by atoms with E-state index in [1.54, 1.807) is 18.0 Å². The molecule has 4 nitrogen and oxygen atoms in total. The highest BCUT2D eigenvalue weighted by atomic mass is 19.1.